The second-order valence-electron chi connectivity index (χ2n) is 6.09. The molecule has 108 valence electrons. The minimum absolute atomic E-state index is 0.189. The van der Waals surface area contributed by atoms with Crippen LogP contribution in [0, 0.1) is 5.92 Å². The van der Waals surface area contributed by atoms with E-state index in [0.717, 1.165) is 38.4 Å². The summed E-state index contributed by atoms with van der Waals surface area (Å²) in [6.07, 6.45) is 4.17. The Balaban J connectivity index is 1.63. The first kappa shape index (κ1) is 13.4. The van der Waals surface area contributed by atoms with Crippen LogP contribution in [-0.2, 0) is 4.79 Å². The molecule has 1 aliphatic heterocycles. The van der Waals surface area contributed by atoms with Gasteiger partial charge >= 0.3 is 0 Å². The van der Waals surface area contributed by atoms with E-state index in [-0.39, 0.29) is 5.91 Å². The highest BCUT2D eigenvalue weighted by Crippen LogP contribution is 2.31. The van der Waals surface area contributed by atoms with Crippen LogP contribution < -0.4 is 16.0 Å². The Hall–Kier alpha value is -1.55. The van der Waals surface area contributed by atoms with Gasteiger partial charge < -0.3 is 16.0 Å². The van der Waals surface area contributed by atoms with Crippen molar-refractivity contribution < 1.29 is 4.79 Å². The van der Waals surface area contributed by atoms with Crippen molar-refractivity contribution in [1.29, 1.82) is 0 Å². The Morgan fingerprint density at radius 2 is 1.90 bits per heavy atom. The first-order valence-corrected chi connectivity index (χ1v) is 7.54. The lowest BCUT2D eigenvalue weighted by Gasteiger charge is -2.41. The molecule has 4 heteroatoms. The van der Waals surface area contributed by atoms with Gasteiger partial charge in [0.2, 0.25) is 5.91 Å². The minimum atomic E-state index is -0.492. The highest BCUT2D eigenvalue weighted by Gasteiger charge is 2.40. The quantitative estimate of drug-likeness (QED) is 0.855. The van der Waals surface area contributed by atoms with Gasteiger partial charge in [0.1, 0.15) is 5.54 Å². The maximum atomic E-state index is 11.9. The molecule has 1 amide bonds. The molecule has 0 atom stereocenters. The van der Waals surface area contributed by atoms with Gasteiger partial charge in [0.05, 0.1) is 0 Å². The largest absolute Gasteiger partial charge is 0.371 e. The Morgan fingerprint density at radius 3 is 2.45 bits per heavy atom. The number of amides is 1. The molecule has 0 spiro atoms. The van der Waals surface area contributed by atoms with Gasteiger partial charge in [0.25, 0.3) is 0 Å². The number of piperidine rings is 1. The normalized spacial score (nSPS) is 21.7. The lowest BCUT2D eigenvalue weighted by Crippen LogP contribution is -2.61. The first-order valence-electron chi connectivity index (χ1n) is 7.54. The van der Waals surface area contributed by atoms with E-state index in [1.54, 1.807) is 0 Å². The molecule has 0 bridgehead atoms. The second kappa shape index (κ2) is 5.44. The number of nitrogens with one attached hydrogen (secondary N) is 1. The Morgan fingerprint density at radius 1 is 1.25 bits per heavy atom. The fraction of sp³-hybridized carbons (Fsp3) is 0.562. The molecule has 0 radical (unpaired) electrons. The van der Waals surface area contributed by atoms with Gasteiger partial charge in [0, 0.05) is 18.8 Å². The van der Waals surface area contributed by atoms with Gasteiger partial charge in [-0.1, -0.05) is 18.2 Å². The lowest BCUT2D eigenvalue weighted by molar-refractivity contribution is -0.125. The summed E-state index contributed by atoms with van der Waals surface area (Å²) >= 11 is 0. The van der Waals surface area contributed by atoms with Crippen molar-refractivity contribution in [2.45, 2.75) is 31.2 Å². The average Bonchev–Trinajstić information content (AvgIpc) is 3.31. The number of para-hydroxylation sites is 1. The van der Waals surface area contributed by atoms with Crippen molar-refractivity contribution in [2.75, 3.05) is 24.5 Å². The molecule has 2 aliphatic rings. The molecule has 3 rings (SSSR count). The number of carbonyl (C=O) groups excluding carboxylic acids is 1. The Bertz CT molecular complexity index is 462. The Labute approximate surface area is 120 Å². The smallest absolute Gasteiger partial charge is 0.237 e. The maximum absolute atomic E-state index is 11.9. The van der Waals surface area contributed by atoms with Crippen LogP contribution in [0.15, 0.2) is 30.3 Å². The summed E-state index contributed by atoms with van der Waals surface area (Å²) in [4.78, 5) is 14.2. The van der Waals surface area contributed by atoms with E-state index in [0.29, 0.717) is 0 Å². The van der Waals surface area contributed by atoms with Crippen molar-refractivity contribution in [3.63, 3.8) is 0 Å². The number of nitrogens with zero attached hydrogens (tertiary/aromatic N) is 1. The van der Waals surface area contributed by atoms with Gasteiger partial charge in [-0.25, -0.2) is 0 Å². The first-order chi connectivity index (χ1) is 9.70. The second-order valence-corrected chi connectivity index (χ2v) is 6.09. The molecule has 1 saturated heterocycles. The van der Waals surface area contributed by atoms with Crippen LogP contribution in [0.25, 0.3) is 0 Å². The van der Waals surface area contributed by atoms with Gasteiger partial charge in [-0.15, -0.1) is 0 Å². The molecule has 20 heavy (non-hydrogen) atoms. The average molecular weight is 273 g/mol. The van der Waals surface area contributed by atoms with E-state index in [2.05, 4.69) is 34.5 Å². The minimum Gasteiger partial charge on any atom is -0.371 e. The molecule has 1 aromatic rings. The lowest BCUT2D eigenvalue weighted by atomic mass is 9.86. The van der Waals surface area contributed by atoms with Crippen molar-refractivity contribution in [3.8, 4) is 0 Å². The van der Waals surface area contributed by atoms with Crippen molar-refractivity contribution >= 4 is 11.6 Å². The summed E-state index contributed by atoms with van der Waals surface area (Å²) in [6, 6.07) is 10.4. The molecule has 1 saturated carbocycles. The van der Waals surface area contributed by atoms with Crippen LogP contribution in [0.3, 0.4) is 0 Å². The van der Waals surface area contributed by atoms with E-state index in [4.69, 9.17) is 5.73 Å². The van der Waals surface area contributed by atoms with Crippen molar-refractivity contribution in [2.24, 2.45) is 11.7 Å². The third kappa shape index (κ3) is 2.80. The van der Waals surface area contributed by atoms with E-state index in [9.17, 15) is 4.79 Å². The summed E-state index contributed by atoms with van der Waals surface area (Å²) in [6.45, 7) is 2.70. The molecule has 4 nitrogen and oxygen atoms in total. The van der Waals surface area contributed by atoms with Crippen molar-refractivity contribution in [1.82, 2.24) is 5.32 Å². The predicted octanol–water partition coefficient (Wildman–Crippen LogP) is 1.51. The maximum Gasteiger partial charge on any atom is 0.237 e. The Kier molecular flexibility index (Phi) is 3.66. The van der Waals surface area contributed by atoms with Crippen molar-refractivity contribution in [3.05, 3.63) is 30.3 Å². The van der Waals surface area contributed by atoms with Gasteiger partial charge in [-0.05, 0) is 50.3 Å². The molecular weight excluding hydrogens is 250 g/mol. The molecule has 1 aliphatic carbocycles. The molecule has 1 aromatic carbocycles. The third-order valence-corrected chi connectivity index (χ3v) is 4.64. The summed E-state index contributed by atoms with van der Waals surface area (Å²) in [5.74, 6) is 0.573. The van der Waals surface area contributed by atoms with Crippen LogP contribution in [0.2, 0.25) is 0 Å². The van der Waals surface area contributed by atoms with E-state index in [1.165, 1.54) is 18.5 Å². The van der Waals surface area contributed by atoms with Gasteiger partial charge in [-0.2, -0.15) is 0 Å². The standard InChI is InChI=1S/C16H23N3O/c17-15(20)16(18-12-13-6-7-13)8-10-19(11-9-16)14-4-2-1-3-5-14/h1-5,13,18H,6-12H2,(H2,17,20). The van der Waals surface area contributed by atoms with Crippen LogP contribution in [-0.4, -0.2) is 31.1 Å². The van der Waals surface area contributed by atoms with Crippen LogP contribution in [0.1, 0.15) is 25.7 Å². The summed E-state index contributed by atoms with van der Waals surface area (Å²) in [5.41, 5.74) is 6.41. The number of nitrogens with two attached hydrogens (primary N) is 1. The molecule has 3 N–H and O–H groups in total. The zero-order valence-electron chi connectivity index (χ0n) is 11.8. The highest BCUT2D eigenvalue weighted by atomic mass is 16.1. The number of carbonyl (C=O) groups is 1. The zero-order chi connectivity index (χ0) is 14.0. The number of hydrogen-bond donors (Lipinski definition) is 2. The fourth-order valence-electron chi connectivity index (χ4n) is 2.96. The molecular formula is C16H23N3O. The van der Waals surface area contributed by atoms with Crippen LogP contribution >= 0.6 is 0 Å². The zero-order valence-corrected chi connectivity index (χ0v) is 11.8. The number of primary amides is 1. The van der Waals surface area contributed by atoms with E-state index < -0.39 is 5.54 Å². The summed E-state index contributed by atoms with van der Waals surface area (Å²) in [5, 5.41) is 3.47. The number of hydrogen-bond acceptors (Lipinski definition) is 3. The summed E-state index contributed by atoms with van der Waals surface area (Å²) in [7, 11) is 0. The third-order valence-electron chi connectivity index (χ3n) is 4.64. The molecule has 1 heterocycles. The monoisotopic (exact) mass is 273 g/mol. The number of rotatable bonds is 5. The van der Waals surface area contributed by atoms with Gasteiger partial charge in [0.15, 0.2) is 0 Å². The highest BCUT2D eigenvalue weighted by molar-refractivity contribution is 5.85. The SMILES string of the molecule is NC(=O)C1(NCC2CC2)CCN(c2ccccc2)CC1. The predicted molar refractivity (Wildman–Crippen MR) is 80.5 cm³/mol. The molecule has 0 aromatic heterocycles. The van der Waals surface area contributed by atoms with Crippen LogP contribution in [0.4, 0.5) is 5.69 Å². The van der Waals surface area contributed by atoms with E-state index >= 15 is 0 Å². The van der Waals surface area contributed by atoms with Crippen LogP contribution in [0.5, 0.6) is 0 Å². The topological polar surface area (TPSA) is 58.4 Å². The molecule has 0 unspecified atom stereocenters. The number of benzene rings is 1. The van der Waals surface area contributed by atoms with E-state index in [1.807, 2.05) is 6.07 Å². The number of anilines is 1. The summed E-state index contributed by atoms with van der Waals surface area (Å²) < 4.78 is 0. The fourth-order valence-corrected chi connectivity index (χ4v) is 2.96. The molecule has 2 fully saturated rings. The van der Waals surface area contributed by atoms with Gasteiger partial charge in [-0.3, -0.25) is 4.79 Å².